The van der Waals surface area contributed by atoms with E-state index in [0.717, 1.165) is 6.42 Å². The zero-order valence-corrected chi connectivity index (χ0v) is 12.9. The highest BCUT2D eigenvalue weighted by atomic mass is 28.4. The van der Waals surface area contributed by atoms with Crippen molar-refractivity contribution < 1.29 is 9.53 Å². The van der Waals surface area contributed by atoms with Gasteiger partial charge < -0.3 is 9.53 Å². The highest BCUT2D eigenvalue weighted by Gasteiger charge is 2.37. The summed E-state index contributed by atoms with van der Waals surface area (Å²) in [5.74, 6) is 0. The van der Waals surface area contributed by atoms with Gasteiger partial charge in [-0.25, -0.2) is 0 Å². The van der Waals surface area contributed by atoms with Crippen LogP contribution < -0.4 is 5.32 Å². The summed E-state index contributed by atoms with van der Waals surface area (Å²) in [4.78, 5) is 0. The van der Waals surface area contributed by atoms with E-state index in [-0.39, 0.29) is 11.1 Å². The third-order valence-corrected chi connectivity index (χ3v) is 7.86. The van der Waals surface area contributed by atoms with Gasteiger partial charge in [0.05, 0.1) is 0 Å². The van der Waals surface area contributed by atoms with Crippen LogP contribution in [0.5, 0.6) is 0 Å². The summed E-state index contributed by atoms with van der Waals surface area (Å²) >= 11 is 0. The maximum atomic E-state index is 9.46. The standard InChI is InChI=1S/C12H29NO2Si/c1-8-11(14)13-10(2)9-15-16(6,7)12(3,4)5/h10-11,13-14H,8-9H2,1-7H3. The Balaban J connectivity index is 4.05. The summed E-state index contributed by atoms with van der Waals surface area (Å²) in [6.45, 7) is 15.9. The maximum Gasteiger partial charge on any atom is 0.192 e. The average Bonchev–Trinajstić information content (AvgIpc) is 2.13. The predicted molar refractivity (Wildman–Crippen MR) is 72.0 cm³/mol. The molecule has 0 heterocycles. The minimum absolute atomic E-state index is 0.198. The van der Waals surface area contributed by atoms with E-state index in [2.05, 4.69) is 39.2 Å². The largest absolute Gasteiger partial charge is 0.415 e. The third kappa shape index (κ3) is 5.43. The van der Waals surface area contributed by atoms with Crippen molar-refractivity contribution in [3.05, 3.63) is 0 Å². The van der Waals surface area contributed by atoms with Gasteiger partial charge in [0.15, 0.2) is 8.32 Å². The van der Waals surface area contributed by atoms with E-state index in [4.69, 9.17) is 4.43 Å². The van der Waals surface area contributed by atoms with Gasteiger partial charge in [-0.1, -0.05) is 27.7 Å². The third-order valence-electron chi connectivity index (χ3n) is 3.36. The number of hydrogen-bond acceptors (Lipinski definition) is 3. The van der Waals surface area contributed by atoms with Crippen LogP contribution >= 0.6 is 0 Å². The molecule has 4 heteroatoms. The molecule has 0 aliphatic carbocycles. The fourth-order valence-electron chi connectivity index (χ4n) is 1.04. The fraction of sp³-hybridized carbons (Fsp3) is 1.00. The molecule has 0 saturated carbocycles. The second-order valence-electron chi connectivity index (χ2n) is 6.06. The van der Waals surface area contributed by atoms with Gasteiger partial charge in [0.1, 0.15) is 6.23 Å². The van der Waals surface area contributed by atoms with Crippen molar-refractivity contribution >= 4 is 8.32 Å². The zero-order valence-electron chi connectivity index (χ0n) is 11.9. The molecule has 0 spiro atoms. The Labute approximate surface area is 102 Å². The van der Waals surface area contributed by atoms with Crippen LogP contribution in [0.1, 0.15) is 41.0 Å². The zero-order chi connectivity index (χ0) is 13.0. The van der Waals surface area contributed by atoms with E-state index < -0.39 is 14.5 Å². The molecule has 0 aromatic rings. The van der Waals surface area contributed by atoms with Crippen molar-refractivity contribution in [2.24, 2.45) is 0 Å². The predicted octanol–water partition coefficient (Wildman–Crippen LogP) is 2.71. The van der Waals surface area contributed by atoms with Crippen LogP contribution in [0.3, 0.4) is 0 Å². The van der Waals surface area contributed by atoms with Crippen LogP contribution in [0.2, 0.25) is 18.1 Å². The molecule has 2 unspecified atom stereocenters. The molecule has 0 aliphatic rings. The Morgan fingerprint density at radius 3 is 2.19 bits per heavy atom. The summed E-state index contributed by atoms with van der Waals surface area (Å²) in [7, 11) is -1.65. The molecule has 0 fully saturated rings. The van der Waals surface area contributed by atoms with E-state index in [1.54, 1.807) is 0 Å². The van der Waals surface area contributed by atoms with E-state index in [9.17, 15) is 5.11 Å². The summed E-state index contributed by atoms with van der Waals surface area (Å²) in [6, 6.07) is 0.198. The fourth-order valence-corrected chi connectivity index (χ4v) is 2.14. The highest BCUT2D eigenvalue weighted by molar-refractivity contribution is 6.74. The number of hydrogen-bond donors (Lipinski definition) is 2. The first kappa shape index (κ1) is 16.1. The monoisotopic (exact) mass is 247 g/mol. The van der Waals surface area contributed by atoms with Crippen molar-refractivity contribution in [3.63, 3.8) is 0 Å². The van der Waals surface area contributed by atoms with Gasteiger partial charge in [-0.05, 0) is 31.5 Å². The maximum absolute atomic E-state index is 9.46. The molecule has 98 valence electrons. The van der Waals surface area contributed by atoms with E-state index in [1.165, 1.54) is 0 Å². The lowest BCUT2D eigenvalue weighted by atomic mass is 10.2. The van der Waals surface area contributed by atoms with Crippen molar-refractivity contribution in [1.82, 2.24) is 5.32 Å². The molecule has 0 aromatic heterocycles. The van der Waals surface area contributed by atoms with E-state index in [1.807, 2.05) is 13.8 Å². The number of rotatable bonds is 6. The van der Waals surface area contributed by atoms with Crippen LogP contribution in [0.4, 0.5) is 0 Å². The SMILES string of the molecule is CCC(O)NC(C)CO[Si](C)(C)C(C)(C)C. The summed E-state index contributed by atoms with van der Waals surface area (Å²) in [5.41, 5.74) is 0. The number of aliphatic hydroxyl groups excluding tert-OH is 1. The Bertz CT molecular complexity index is 202. The minimum Gasteiger partial charge on any atom is -0.415 e. The second-order valence-corrected chi connectivity index (χ2v) is 10.9. The number of nitrogens with one attached hydrogen (secondary N) is 1. The molecule has 0 aromatic carbocycles. The summed E-state index contributed by atoms with van der Waals surface area (Å²) in [6.07, 6.45) is 0.308. The Kier molecular flexibility index (Phi) is 6.18. The lowest BCUT2D eigenvalue weighted by Gasteiger charge is -2.37. The van der Waals surface area contributed by atoms with Crippen molar-refractivity contribution in [3.8, 4) is 0 Å². The first-order valence-corrected chi connectivity index (χ1v) is 9.09. The van der Waals surface area contributed by atoms with Gasteiger partial charge in [0, 0.05) is 12.6 Å². The molecular weight excluding hydrogens is 218 g/mol. The lowest BCUT2D eigenvalue weighted by Crippen LogP contribution is -2.46. The van der Waals surface area contributed by atoms with Crippen molar-refractivity contribution in [2.45, 2.75) is 71.4 Å². The first-order chi connectivity index (χ1) is 7.10. The smallest absolute Gasteiger partial charge is 0.192 e. The van der Waals surface area contributed by atoms with Gasteiger partial charge >= 0.3 is 0 Å². The normalized spacial score (nSPS) is 17.2. The molecule has 0 rings (SSSR count). The second kappa shape index (κ2) is 6.14. The average molecular weight is 247 g/mol. The summed E-state index contributed by atoms with van der Waals surface area (Å²) < 4.78 is 6.07. The Morgan fingerprint density at radius 1 is 1.31 bits per heavy atom. The van der Waals surface area contributed by atoms with Gasteiger partial charge in [0.25, 0.3) is 0 Å². The van der Waals surface area contributed by atoms with E-state index in [0.29, 0.717) is 6.61 Å². The van der Waals surface area contributed by atoms with Gasteiger partial charge in [-0.15, -0.1) is 0 Å². The molecule has 3 nitrogen and oxygen atoms in total. The highest BCUT2D eigenvalue weighted by Crippen LogP contribution is 2.36. The lowest BCUT2D eigenvalue weighted by molar-refractivity contribution is 0.106. The van der Waals surface area contributed by atoms with Crippen LogP contribution in [0.15, 0.2) is 0 Å². The molecule has 16 heavy (non-hydrogen) atoms. The van der Waals surface area contributed by atoms with Crippen molar-refractivity contribution in [2.75, 3.05) is 6.61 Å². The molecule has 0 amide bonds. The first-order valence-electron chi connectivity index (χ1n) is 6.18. The number of aliphatic hydroxyl groups is 1. The quantitative estimate of drug-likeness (QED) is 0.560. The molecule has 0 radical (unpaired) electrons. The van der Waals surface area contributed by atoms with Crippen LogP contribution in [0, 0.1) is 0 Å². The summed E-state index contributed by atoms with van der Waals surface area (Å²) in [5, 5.41) is 12.8. The van der Waals surface area contributed by atoms with Crippen LogP contribution in [-0.2, 0) is 4.43 Å². The molecule has 2 N–H and O–H groups in total. The van der Waals surface area contributed by atoms with Crippen molar-refractivity contribution in [1.29, 1.82) is 0 Å². The molecule has 0 bridgehead atoms. The van der Waals surface area contributed by atoms with Crippen LogP contribution in [-0.4, -0.2) is 32.3 Å². The molecule has 0 aliphatic heterocycles. The minimum atomic E-state index is -1.65. The van der Waals surface area contributed by atoms with Crippen LogP contribution in [0.25, 0.3) is 0 Å². The van der Waals surface area contributed by atoms with Gasteiger partial charge in [-0.3, -0.25) is 5.32 Å². The molecule has 2 atom stereocenters. The Morgan fingerprint density at radius 2 is 1.81 bits per heavy atom. The van der Waals surface area contributed by atoms with Gasteiger partial charge in [0.2, 0.25) is 0 Å². The van der Waals surface area contributed by atoms with Gasteiger partial charge in [-0.2, -0.15) is 0 Å². The Hall–Kier alpha value is 0.0969. The molecular formula is C12H29NO2Si. The van der Waals surface area contributed by atoms with E-state index >= 15 is 0 Å². The molecule has 0 saturated heterocycles. The topological polar surface area (TPSA) is 41.5 Å².